The highest BCUT2D eigenvalue weighted by Gasteiger charge is 2.36. The minimum atomic E-state index is -0.748. The van der Waals surface area contributed by atoms with Crippen molar-refractivity contribution in [3.05, 3.63) is 82.1 Å². The molecule has 0 aliphatic carbocycles. The second-order valence-corrected chi connectivity index (χ2v) is 7.18. The first kappa shape index (κ1) is 19.9. The van der Waals surface area contributed by atoms with Crippen LogP contribution in [0.25, 0.3) is 0 Å². The second kappa shape index (κ2) is 8.16. The maximum Gasteiger partial charge on any atom is 0.339 e. The summed E-state index contributed by atoms with van der Waals surface area (Å²) in [4.78, 5) is 34.1. The summed E-state index contributed by atoms with van der Waals surface area (Å²) in [6.45, 7) is 0.328. The number of aromatic amines is 1. The molecular weight excluding hydrogens is 411 g/mol. The number of H-pyrrole nitrogens is 1. The number of carbonyl (C=O) groups is 2. The maximum absolute atomic E-state index is 14.8. The summed E-state index contributed by atoms with van der Waals surface area (Å²) in [5, 5.41) is 3.01. The van der Waals surface area contributed by atoms with Crippen LogP contribution in [-0.2, 0) is 11.2 Å². The summed E-state index contributed by atoms with van der Waals surface area (Å²) >= 11 is 5.90. The van der Waals surface area contributed by atoms with Gasteiger partial charge >= 0.3 is 12.0 Å². The molecule has 2 aromatic carbocycles. The van der Waals surface area contributed by atoms with Crippen LogP contribution in [0, 0.1) is 5.82 Å². The van der Waals surface area contributed by atoms with Crippen LogP contribution in [0.4, 0.5) is 14.9 Å². The topological polar surface area (TPSA) is 87.3 Å². The van der Waals surface area contributed by atoms with Crippen molar-refractivity contribution in [1.29, 1.82) is 0 Å². The fourth-order valence-corrected chi connectivity index (χ4v) is 3.76. The quantitative estimate of drug-likeness (QED) is 0.613. The standard InChI is InChI=1S/C21H18ClFN4O3/c1-30-20(28)14-4-2-3-5-16(14)26-21(29)27-9-8-17-18(25-11-24-17)19(27)13-7-6-12(22)10-15(13)23/h2-7,10-11,19H,8-9H2,1H3,(H,24,25)(H,26,29)/t19-/m1/s1. The molecule has 154 valence electrons. The van der Waals surface area contributed by atoms with Gasteiger partial charge in [-0.25, -0.2) is 19.0 Å². The van der Waals surface area contributed by atoms with Gasteiger partial charge in [-0.3, -0.25) is 0 Å². The lowest BCUT2D eigenvalue weighted by Gasteiger charge is -2.35. The van der Waals surface area contributed by atoms with Crippen molar-refractivity contribution in [3.63, 3.8) is 0 Å². The average Bonchev–Trinajstić information content (AvgIpc) is 3.22. The minimum Gasteiger partial charge on any atom is -0.465 e. The zero-order chi connectivity index (χ0) is 21.3. The van der Waals surface area contributed by atoms with Crippen molar-refractivity contribution in [3.8, 4) is 0 Å². The van der Waals surface area contributed by atoms with E-state index >= 15 is 0 Å². The van der Waals surface area contributed by atoms with E-state index in [1.807, 2.05) is 0 Å². The Morgan fingerprint density at radius 2 is 2.10 bits per heavy atom. The lowest BCUT2D eigenvalue weighted by molar-refractivity contribution is 0.0602. The van der Waals surface area contributed by atoms with E-state index in [1.54, 1.807) is 36.4 Å². The first-order valence-electron chi connectivity index (χ1n) is 9.21. The number of para-hydroxylation sites is 1. The molecule has 7 nitrogen and oxygen atoms in total. The van der Waals surface area contributed by atoms with Gasteiger partial charge in [0.2, 0.25) is 0 Å². The van der Waals surface area contributed by atoms with Gasteiger partial charge in [-0.05, 0) is 24.3 Å². The Bertz CT molecular complexity index is 1120. The molecule has 1 aromatic heterocycles. The average molecular weight is 429 g/mol. The number of carbonyl (C=O) groups excluding carboxylic acids is 2. The third kappa shape index (κ3) is 3.61. The molecule has 2 N–H and O–H groups in total. The predicted molar refractivity (Wildman–Crippen MR) is 109 cm³/mol. The van der Waals surface area contributed by atoms with E-state index in [-0.39, 0.29) is 16.1 Å². The monoisotopic (exact) mass is 428 g/mol. The number of methoxy groups -OCH3 is 1. The van der Waals surface area contributed by atoms with Crippen LogP contribution in [0.3, 0.4) is 0 Å². The normalized spacial score (nSPS) is 15.4. The van der Waals surface area contributed by atoms with E-state index in [1.165, 1.54) is 24.4 Å². The number of nitrogens with zero attached hydrogens (tertiary/aromatic N) is 2. The lowest BCUT2D eigenvalue weighted by atomic mass is 9.95. The van der Waals surface area contributed by atoms with Crippen molar-refractivity contribution < 1.29 is 18.7 Å². The number of imidazole rings is 1. The number of ether oxygens (including phenoxy) is 1. The molecule has 0 fully saturated rings. The molecule has 1 aliphatic heterocycles. The third-order valence-corrected chi connectivity index (χ3v) is 5.25. The molecular formula is C21H18ClFN4O3. The highest BCUT2D eigenvalue weighted by molar-refractivity contribution is 6.30. The lowest BCUT2D eigenvalue weighted by Crippen LogP contribution is -2.43. The molecule has 2 heterocycles. The molecule has 4 rings (SSSR count). The molecule has 0 saturated heterocycles. The first-order chi connectivity index (χ1) is 14.5. The number of benzene rings is 2. The van der Waals surface area contributed by atoms with E-state index in [0.717, 1.165) is 5.69 Å². The molecule has 9 heteroatoms. The fourth-order valence-electron chi connectivity index (χ4n) is 3.60. The summed E-state index contributed by atoms with van der Waals surface area (Å²) in [5.74, 6) is -1.10. The molecule has 0 spiro atoms. The molecule has 0 bridgehead atoms. The smallest absolute Gasteiger partial charge is 0.339 e. The largest absolute Gasteiger partial charge is 0.465 e. The number of aromatic nitrogens is 2. The molecule has 30 heavy (non-hydrogen) atoms. The van der Waals surface area contributed by atoms with Crippen LogP contribution in [-0.4, -0.2) is 40.5 Å². The number of anilines is 1. The van der Waals surface area contributed by atoms with Gasteiger partial charge in [-0.15, -0.1) is 0 Å². The summed E-state index contributed by atoms with van der Waals surface area (Å²) < 4.78 is 19.6. The van der Waals surface area contributed by atoms with Crippen molar-refractivity contribution >= 4 is 29.3 Å². The second-order valence-electron chi connectivity index (χ2n) is 6.75. The van der Waals surface area contributed by atoms with Crippen LogP contribution < -0.4 is 5.32 Å². The Balaban J connectivity index is 1.71. The Morgan fingerprint density at radius 1 is 1.30 bits per heavy atom. The van der Waals surface area contributed by atoms with Gasteiger partial charge in [0.15, 0.2) is 0 Å². The highest BCUT2D eigenvalue weighted by Crippen LogP contribution is 2.36. The van der Waals surface area contributed by atoms with E-state index in [9.17, 15) is 14.0 Å². The van der Waals surface area contributed by atoms with Crippen molar-refractivity contribution in [2.75, 3.05) is 19.0 Å². The van der Waals surface area contributed by atoms with E-state index in [0.29, 0.717) is 24.3 Å². The minimum absolute atomic E-state index is 0.222. The van der Waals surface area contributed by atoms with Crippen LogP contribution in [0.5, 0.6) is 0 Å². The molecule has 3 aromatic rings. The summed E-state index contributed by atoms with van der Waals surface area (Å²) in [5.41, 5.74) is 2.22. The Morgan fingerprint density at radius 3 is 2.87 bits per heavy atom. The van der Waals surface area contributed by atoms with Gasteiger partial charge in [0, 0.05) is 29.2 Å². The number of hydrogen-bond acceptors (Lipinski definition) is 4. The summed E-state index contributed by atoms with van der Waals surface area (Å²) in [7, 11) is 1.27. The van der Waals surface area contributed by atoms with E-state index in [2.05, 4.69) is 15.3 Å². The fraction of sp³-hybridized carbons (Fsp3) is 0.190. The van der Waals surface area contributed by atoms with Crippen LogP contribution in [0.1, 0.15) is 33.4 Å². The molecule has 0 radical (unpaired) electrons. The Labute approximate surface area is 176 Å². The highest BCUT2D eigenvalue weighted by atomic mass is 35.5. The number of esters is 1. The molecule has 0 saturated carbocycles. The van der Waals surface area contributed by atoms with E-state index < -0.39 is 23.9 Å². The zero-order valence-electron chi connectivity index (χ0n) is 16.0. The van der Waals surface area contributed by atoms with Gasteiger partial charge in [-0.2, -0.15) is 0 Å². The van der Waals surface area contributed by atoms with Crippen LogP contribution in [0.15, 0.2) is 48.8 Å². The Hall–Kier alpha value is -3.39. The molecule has 2 amide bonds. The van der Waals surface area contributed by atoms with Gasteiger partial charge in [0.05, 0.1) is 30.4 Å². The molecule has 1 aliphatic rings. The number of fused-ring (bicyclic) bond motifs is 1. The van der Waals surface area contributed by atoms with Gasteiger partial charge in [0.1, 0.15) is 11.9 Å². The number of urea groups is 1. The van der Waals surface area contributed by atoms with Gasteiger partial charge in [-0.1, -0.05) is 29.8 Å². The van der Waals surface area contributed by atoms with Crippen molar-refractivity contribution in [2.24, 2.45) is 0 Å². The van der Waals surface area contributed by atoms with Crippen LogP contribution >= 0.6 is 11.6 Å². The first-order valence-corrected chi connectivity index (χ1v) is 9.59. The zero-order valence-corrected chi connectivity index (χ0v) is 16.7. The number of rotatable bonds is 3. The van der Waals surface area contributed by atoms with Crippen molar-refractivity contribution in [2.45, 2.75) is 12.5 Å². The van der Waals surface area contributed by atoms with E-state index in [4.69, 9.17) is 16.3 Å². The maximum atomic E-state index is 14.8. The number of amides is 2. The van der Waals surface area contributed by atoms with Gasteiger partial charge < -0.3 is 19.9 Å². The molecule has 0 unspecified atom stereocenters. The Kier molecular flexibility index (Phi) is 5.41. The van der Waals surface area contributed by atoms with Crippen molar-refractivity contribution in [1.82, 2.24) is 14.9 Å². The predicted octanol–water partition coefficient (Wildman–Crippen LogP) is 4.17. The summed E-state index contributed by atoms with van der Waals surface area (Å²) in [6.07, 6.45) is 2.06. The van der Waals surface area contributed by atoms with Crippen LogP contribution in [0.2, 0.25) is 5.02 Å². The third-order valence-electron chi connectivity index (χ3n) is 5.02. The summed E-state index contributed by atoms with van der Waals surface area (Å²) in [6, 6.07) is 9.62. The SMILES string of the molecule is COC(=O)c1ccccc1NC(=O)N1CCc2[nH]cnc2[C@H]1c1ccc(Cl)cc1F. The number of nitrogens with one attached hydrogen (secondary N) is 2. The van der Waals surface area contributed by atoms with Gasteiger partial charge in [0.25, 0.3) is 0 Å². The number of hydrogen-bond donors (Lipinski definition) is 2. The number of halogens is 2. The molecule has 1 atom stereocenters.